The van der Waals surface area contributed by atoms with Gasteiger partial charge in [-0.25, -0.2) is 19.4 Å². The Morgan fingerprint density at radius 1 is 1.09 bits per heavy atom. The Balaban J connectivity index is 0.835. The van der Waals surface area contributed by atoms with Crippen molar-refractivity contribution >= 4 is 29.7 Å². The summed E-state index contributed by atoms with van der Waals surface area (Å²) >= 11 is 6.21. The Morgan fingerprint density at radius 3 is 2.70 bits per heavy atom. The molecule has 0 radical (unpaired) electrons. The van der Waals surface area contributed by atoms with Gasteiger partial charge in [-0.3, -0.25) is 4.79 Å². The quantitative estimate of drug-likeness (QED) is 0.278. The molecule has 4 aliphatic rings. The topological polar surface area (TPSA) is 75.3 Å². The number of nitrogens with zero attached hydrogens (tertiary/aromatic N) is 6. The van der Waals surface area contributed by atoms with Crippen molar-refractivity contribution in [3.05, 3.63) is 83.2 Å². The lowest BCUT2D eigenvalue weighted by Gasteiger charge is -2.34. The number of ether oxygens (including phenoxy) is 1. The molecular formula is C36H42ClFN6O2. The standard InChI is InChI=1S/C36H42ClFN6O2/c1-24-32(37)22-40-36(41-24)42-12-9-26(10-13-42)31-18-27(31)11-16-46-30-8-7-28(33(38)20-30)19-35(45)43-14-15-44-29(21-39-34(44)23-43)17-25-5-3-2-4-6-25/h2-8,20-22,24,26-27,31-32H,9-19,23H2,1H3. The number of carbonyl (C=O) groups is 1. The summed E-state index contributed by atoms with van der Waals surface area (Å²) in [6, 6.07) is 15.3. The zero-order valence-electron chi connectivity index (χ0n) is 26.4. The number of guanidine groups is 1. The van der Waals surface area contributed by atoms with Crippen LogP contribution in [0.4, 0.5) is 4.39 Å². The molecule has 7 rings (SSSR count). The first kappa shape index (κ1) is 30.9. The highest BCUT2D eigenvalue weighted by Gasteiger charge is 2.43. The van der Waals surface area contributed by atoms with Gasteiger partial charge in [0.25, 0.3) is 0 Å². The molecule has 2 aromatic carbocycles. The summed E-state index contributed by atoms with van der Waals surface area (Å²) in [6.07, 6.45) is 9.11. The summed E-state index contributed by atoms with van der Waals surface area (Å²) in [6.45, 7) is 6.32. The maximum absolute atomic E-state index is 15.0. The van der Waals surface area contributed by atoms with Crippen molar-refractivity contribution in [3.8, 4) is 5.75 Å². The normalized spacial score (nSPS) is 24.5. The van der Waals surface area contributed by atoms with Crippen molar-refractivity contribution in [2.24, 2.45) is 27.7 Å². The third kappa shape index (κ3) is 6.99. The lowest BCUT2D eigenvalue weighted by molar-refractivity contribution is -0.132. The van der Waals surface area contributed by atoms with Crippen molar-refractivity contribution in [1.82, 2.24) is 19.4 Å². The molecule has 3 aromatic rings. The molecule has 3 aliphatic heterocycles. The molecule has 4 heterocycles. The maximum Gasteiger partial charge on any atom is 0.227 e. The molecule has 1 amide bonds. The number of hydrogen-bond donors (Lipinski definition) is 0. The van der Waals surface area contributed by atoms with E-state index in [1.165, 1.54) is 18.1 Å². The molecule has 0 N–H and O–H groups in total. The van der Waals surface area contributed by atoms with Crippen molar-refractivity contribution in [2.75, 3.05) is 26.2 Å². The minimum Gasteiger partial charge on any atom is -0.493 e. The fraction of sp³-hybridized carbons (Fsp3) is 0.500. The Hall–Kier alpha value is -3.72. The molecule has 10 heteroatoms. The van der Waals surface area contributed by atoms with E-state index in [0.29, 0.717) is 43.5 Å². The second kappa shape index (κ2) is 13.6. The van der Waals surface area contributed by atoms with Gasteiger partial charge >= 0.3 is 0 Å². The summed E-state index contributed by atoms with van der Waals surface area (Å²) in [5.74, 6) is 3.91. The van der Waals surface area contributed by atoms with Gasteiger partial charge in [0.1, 0.15) is 17.4 Å². The number of halogens is 2. The van der Waals surface area contributed by atoms with Crippen molar-refractivity contribution < 1.29 is 13.9 Å². The lowest BCUT2D eigenvalue weighted by Crippen LogP contribution is -2.41. The number of amides is 1. The van der Waals surface area contributed by atoms with Crippen LogP contribution in [0, 0.1) is 23.6 Å². The predicted octanol–water partition coefficient (Wildman–Crippen LogP) is 5.75. The van der Waals surface area contributed by atoms with Crippen LogP contribution in [-0.2, 0) is 30.7 Å². The van der Waals surface area contributed by atoms with Crippen LogP contribution in [0.3, 0.4) is 0 Å². The highest BCUT2D eigenvalue weighted by atomic mass is 35.5. The van der Waals surface area contributed by atoms with Gasteiger partial charge in [0, 0.05) is 56.8 Å². The van der Waals surface area contributed by atoms with E-state index in [9.17, 15) is 4.79 Å². The van der Waals surface area contributed by atoms with E-state index in [-0.39, 0.29) is 23.7 Å². The number of aromatic nitrogens is 2. The van der Waals surface area contributed by atoms with Gasteiger partial charge in [-0.15, -0.1) is 11.6 Å². The van der Waals surface area contributed by atoms with Crippen LogP contribution in [-0.4, -0.2) is 75.1 Å². The van der Waals surface area contributed by atoms with Gasteiger partial charge < -0.3 is 19.1 Å². The zero-order valence-corrected chi connectivity index (χ0v) is 27.2. The van der Waals surface area contributed by atoms with E-state index in [0.717, 1.165) is 68.1 Å². The van der Waals surface area contributed by atoms with E-state index in [2.05, 4.69) is 36.6 Å². The van der Waals surface area contributed by atoms with Gasteiger partial charge in [-0.1, -0.05) is 36.4 Å². The SMILES string of the molecule is CC1N=C(N2CCC(C3CC3CCOc3ccc(CC(=O)N4CCn5c(Cc6ccccc6)cnc5C4)c(F)c3)CC2)N=CC1Cl. The Kier molecular flexibility index (Phi) is 9.11. The van der Waals surface area contributed by atoms with Crippen LogP contribution >= 0.6 is 11.6 Å². The number of carbonyl (C=O) groups excluding carboxylic acids is 1. The highest BCUT2D eigenvalue weighted by Crippen LogP contribution is 2.49. The monoisotopic (exact) mass is 644 g/mol. The Morgan fingerprint density at radius 2 is 1.91 bits per heavy atom. The van der Waals surface area contributed by atoms with Crippen LogP contribution < -0.4 is 4.74 Å². The number of imidazole rings is 1. The number of rotatable bonds is 9. The van der Waals surface area contributed by atoms with Gasteiger partial charge in [0.2, 0.25) is 11.9 Å². The number of likely N-dealkylation sites (tertiary alicyclic amines) is 1. The largest absolute Gasteiger partial charge is 0.493 e. The average molecular weight is 645 g/mol. The number of alkyl halides is 1. The molecule has 1 saturated carbocycles. The van der Waals surface area contributed by atoms with Crippen LogP contribution in [0.5, 0.6) is 5.75 Å². The first-order valence-corrected chi connectivity index (χ1v) is 17.1. The van der Waals surface area contributed by atoms with Gasteiger partial charge in [0.15, 0.2) is 0 Å². The second-order valence-electron chi connectivity index (χ2n) is 13.2. The van der Waals surface area contributed by atoms with Crippen LogP contribution in [0.15, 0.2) is 64.7 Å². The third-order valence-corrected chi connectivity index (χ3v) is 10.6. The Labute approximate surface area is 275 Å². The number of hydrogen-bond acceptors (Lipinski definition) is 6. The first-order chi connectivity index (χ1) is 22.4. The molecule has 8 nitrogen and oxygen atoms in total. The van der Waals surface area contributed by atoms with E-state index in [4.69, 9.17) is 16.3 Å². The maximum atomic E-state index is 15.0. The second-order valence-corrected chi connectivity index (χ2v) is 13.7. The molecule has 1 aromatic heterocycles. The molecule has 46 heavy (non-hydrogen) atoms. The summed E-state index contributed by atoms with van der Waals surface area (Å²) < 4.78 is 23.2. The van der Waals surface area contributed by atoms with E-state index in [1.54, 1.807) is 17.0 Å². The van der Waals surface area contributed by atoms with Crippen LogP contribution in [0.2, 0.25) is 0 Å². The highest BCUT2D eigenvalue weighted by molar-refractivity contribution is 6.29. The summed E-state index contributed by atoms with van der Waals surface area (Å²) in [5, 5.41) is -0.119. The summed E-state index contributed by atoms with van der Waals surface area (Å²) in [4.78, 5) is 30.9. The molecule has 4 atom stereocenters. The third-order valence-electron chi connectivity index (χ3n) is 10.2. The molecule has 0 bridgehead atoms. The lowest BCUT2D eigenvalue weighted by atomic mass is 9.90. The van der Waals surface area contributed by atoms with Crippen molar-refractivity contribution in [3.63, 3.8) is 0 Å². The fourth-order valence-corrected chi connectivity index (χ4v) is 7.38. The van der Waals surface area contributed by atoms with Crippen LogP contribution in [0.1, 0.15) is 55.3 Å². The minimum absolute atomic E-state index is 0.0260. The van der Waals surface area contributed by atoms with Gasteiger partial charge in [-0.05, 0) is 67.6 Å². The molecule has 2 fully saturated rings. The fourth-order valence-electron chi connectivity index (χ4n) is 7.27. The minimum atomic E-state index is -0.395. The van der Waals surface area contributed by atoms with Gasteiger partial charge in [-0.2, -0.15) is 0 Å². The number of benzene rings is 2. The van der Waals surface area contributed by atoms with Crippen molar-refractivity contribution in [1.29, 1.82) is 0 Å². The molecule has 242 valence electrons. The zero-order chi connectivity index (χ0) is 31.6. The Bertz CT molecular complexity index is 1600. The van der Waals surface area contributed by atoms with Crippen molar-refractivity contribution in [2.45, 2.75) is 70.0 Å². The number of fused-ring (bicyclic) bond motifs is 1. The van der Waals surface area contributed by atoms with E-state index >= 15 is 4.39 Å². The molecule has 1 saturated heterocycles. The predicted molar refractivity (Wildman–Crippen MR) is 178 cm³/mol. The smallest absolute Gasteiger partial charge is 0.227 e. The summed E-state index contributed by atoms with van der Waals surface area (Å²) in [5.41, 5.74) is 2.78. The molecular weight excluding hydrogens is 603 g/mol. The molecule has 4 unspecified atom stereocenters. The van der Waals surface area contributed by atoms with E-state index in [1.807, 2.05) is 37.5 Å². The first-order valence-electron chi connectivity index (χ1n) is 16.7. The van der Waals surface area contributed by atoms with Crippen LogP contribution in [0.25, 0.3) is 0 Å². The summed E-state index contributed by atoms with van der Waals surface area (Å²) in [7, 11) is 0. The molecule has 1 aliphatic carbocycles. The number of aliphatic imine (C=N–C) groups is 2. The molecule has 0 spiro atoms. The van der Waals surface area contributed by atoms with Gasteiger partial charge in [0.05, 0.1) is 31.0 Å². The number of piperidine rings is 1. The van der Waals surface area contributed by atoms with E-state index < -0.39 is 5.82 Å². The average Bonchev–Trinajstić information content (AvgIpc) is 3.74.